The van der Waals surface area contributed by atoms with Crippen LogP contribution in [0.3, 0.4) is 0 Å². The number of aromatic amines is 1. The van der Waals surface area contributed by atoms with Crippen LogP contribution in [0.15, 0.2) is 35.1 Å². The number of rotatable bonds is 4. The maximum Gasteiger partial charge on any atom is 0.311 e. The number of nitrogens with zero attached hydrogens (tertiary/aromatic N) is 2. The van der Waals surface area contributed by atoms with E-state index in [1.807, 2.05) is 24.3 Å². The number of hydrogen-bond acceptors (Lipinski definition) is 5. The molecule has 0 aliphatic carbocycles. The number of carbonyl (C=O) groups excluding carboxylic acids is 1. The van der Waals surface area contributed by atoms with Gasteiger partial charge in [0.2, 0.25) is 5.13 Å². The van der Waals surface area contributed by atoms with Gasteiger partial charge in [-0.2, -0.15) is 4.68 Å². The van der Waals surface area contributed by atoms with Gasteiger partial charge in [-0.1, -0.05) is 23.5 Å². The molecule has 1 aromatic carbocycles. The van der Waals surface area contributed by atoms with Crippen molar-refractivity contribution in [2.24, 2.45) is 0 Å². The topological polar surface area (TPSA) is 77.0 Å². The van der Waals surface area contributed by atoms with Crippen LogP contribution < -0.4 is 5.56 Å². The molecule has 1 N–H and O–H groups in total. The van der Waals surface area contributed by atoms with Gasteiger partial charge in [-0.25, -0.2) is 4.98 Å². The Bertz CT molecular complexity index is 819. The zero-order chi connectivity index (χ0) is 14.8. The number of hydrogen-bond donors (Lipinski definition) is 1. The number of fused-ring (bicyclic) bond motifs is 1. The number of benzene rings is 1. The first-order valence-corrected chi connectivity index (χ1v) is 7.31. The van der Waals surface area contributed by atoms with Crippen LogP contribution in [0.4, 0.5) is 0 Å². The summed E-state index contributed by atoms with van der Waals surface area (Å²) < 4.78 is 7.21. The van der Waals surface area contributed by atoms with Crippen molar-refractivity contribution in [2.75, 3.05) is 6.61 Å². The van der Waals surface area contributed by atoms with Crippen molar-refractivity contribution in [2.45, 2.75) is 13.3 Å². The summed E-state index contributed by atoms with van der Waals surface area (Å²) in [6, 6.07) is 9.05. The molecule has 3 aromatic rings. The normalized spacial score (nSPS) is 10.4. The van der Waals surface area contributed by atoms with Crippen LogP contribution in [0, 0.1) is 0 Å². The average Bonchev–Trinajstić information content (AvgIpc) is 3.02. The van der Waals surface area contributed by atoms with Crippen molar-refractivity contribution in [3.05, 3.63) is 46.4 Å². The van der Waals surface area contributed by atoms with E-state index >= 15 is 0 Å². The first-order chi connectivity index (χ1) is 10.2. The summed E-state index contributed by atoms with van der Waals surface area (Å²) in [5.41, 5.74) is 1.11. The maximum atomic E-state index is 12.0. The first kappa shape index (κ1) is 16.3. The smallest absolute Gasteiger partial charge is 0.311 e. The van der Waals surface area contributed by atoms with Gasteiger partial charge in [0.15, 0.2) is 0 Å². The Morgan fingerprint density at radius 2 is 2.18 bits per heavy atom. The fourth-order valence-corrected chi connectivity index (χ4v) is 2.93. The molecule has 0 saturated heterocycles. The molecule has 0 aliphatic heterocycles. The highest BCUT2D eigenvalue weighted by atomic mass is 35.5. The highest BCUT2D eigenvalue weighted by molar-refractivity contribution is 7.20. The minimum atomic E-state index is -0.366. The van der Waals surface area contributed by atoms with Crippen LogP contribution in [0.5, 0.6) is 0 Å². The fourth-order valence-electron chi connectivity index (χ4n) is 2.00. The van der Waals surface area contributed by atoms with Gasteiger partial charge in [-0.3, -0.25) is 14.7 Å². The van der Waals surface area contributed by atoms with Crippen molar-refractivity contribution in [3.63, 3.8) is 0 Å². The summed E-state index contributed by atoms with van der Waals surface area (Å²) >= 11 is 1.41. The molecule has 3 rings (SSSR count). The minimum Gasteiger partial charge on any atom is -0.466 e. The molecule has 0 radical (unpaired) electrons. The van der Waals surface area contributed by atoms with Gasteiger partial charge in [0.1, 0.15) is 0 Å². The summed E-state index contributed by atoms with van der Waals surface area (Å²) in [4.78, 5) is 27.9. The van der Waals surface area contributed by atoms with Gasteiger partial charge in [0, 0.05) is 11.8 Å². The second-order valence-corrected chi connectivity index (χ2v) is 5.41. The lowest BCUT2D eigenvalue weighted by Crippen LogP contribution is -2.13. The first-order valence-electron chi connectivity index (χ1n) is 6.50. The average molecular weight is 340 g/mol. The molecule has 8 heteroatoms. The highest BCUT2D eigenvalue weighted by Crippen LogP contribution is 2.23. The third-order valence-electron chi connectivity index (χ3n) is 2.89. The number of ether oxygens (including phenoxy) is 1. The van der Waals surface area contributed by atoms with Crippen LogP contribution in [0.2, 0.25) is 0 Å². The molecule has 0 bridgehead atoms. The van der Waals surface area contributed by atoms with Gasteiger partial charge in [0.05, 0.1) is 23.2 Å². The number of nitrogens with one attached hydrogen (secondary N) is 1. The van der Waals surface area contributed by atoms with Crippen LogP contribution in [0.25, 0.3) is 15.3 Å². The summed E-state index contributed by atoms with van der Waals surface area (Å²) in [5, 5.41) is 3.45. The molecule has 0 fully saturated rings. The van der Waals surface area contributed by atoms with Crippen LogP contribution in [-0.4, -0.2) is 27.3 Å². The highest BCUT2D eigenvalue weighted by Gasteiger charge is 2.12. The number of thiazole rings is 1. The number of halogens is 1. The number of esters is 1. The summed E-state index contributed by atoms with van der Waals surface area (Å²) in [5.74, 6) is -0.366. The molecule has 2 heterocycles. The molecular formula is C14H14ClN3O3S. The zero-order valence-corrected chi connectivity index (χ0v) is 13.4. The lowest BCUT2D eigenvalue weighted by molar-refractivity contribution is -0.142. The second kappa shape index (κ2) is 6.76. The van der Waals surface area contributed by atoms with E-state index in [1.165, 1.54) is 22.1 Å². The molecule has 0 saturated carbocycles. The fraction of sp³-hybridized carbons (Fsp3) is 0.214. The monoisotopic (exact) mass is 339 g/mol. The van der Waals surface area contributed by atoms with Gasteiger partial charge in [0.25, 0.3) is 5.56 Å². The Labute approximate surface area is 136 Å². The predicted molar refractivity (Wildman–Crippen MR) is 87.2 cm³/mol. The third kappa shape index (κ3) is 3.20. The van der Waals surface area contributed by atoms with Crippen molar-refractivity contribution >= 4 is 39.9 Å². The molecule has 0 spiro atoms. The Morgan fingerprint density at radius 1 is 1.41 bits per heavy atom. The Hall–Kier alpha value is -2.12. The lowest BCUT2D eigenvalue weighted by Gasteiger charge is -1.99. The number of para-hydroxylation sites is 1. The van der Waals surface area contributed by atoms with E-state index in [-0.39, 0.29) is 30.4 Å². The molecular weight excluding hydrogens is 326 g/mol. The van der Waals surface area contributed by atoms with Gasteiger partial charge >= 0.3 is 5.97 Å². The quantitative estimate of drug-likeness (QED) is 0.740. The molecule has 0 amide bonds. The Balaban J connectivity index is 0.00000176. The van der Waals surface area contributed by atoms with Crippen LogP contribution >= 0.6 is 23.7 Å². The lowest BCUT2D eigenvalue weighted by atomic mass is 10.3. The standard InChI is InChI=1S/C14H13N3O3S.ClH/c1-2-20-13(19)8-9-7-12(18)17(16-9)14-15-10-5-3-4-6-11(10)21-14;/h3-7,16H,2,8H2,1H3;1H. The Kier molecular flexibility index (Phi) is 4.99. The van der Waals surface area contributed by atoms with Crippen molar-refractivity contribution < 1.29 is 9.53 Å². The molecule has 116 valence electrons. The molecule has 22 heavy (non-hydrogen) atoms. The SMILES string of the molecule is CCOC(=O)Cc1cc(=O)n(-c2nc3ccccc3s2)[nH]1.Cl. The van der Waals surface area contributed by atoms with E-state index in [0.717, 1.165) is 10.2 Å². The van der Waals surface area contributed by atoms with E-state index in [0.29, 0.717) is 17.4 Å². The van der Waals surface area contributed by atoms with E-state index in [1.54, 1.807) is 6.92 Å². The molecule has 6 nitrogen and oxygen atoms in total. The summed E-state index contributed by atoms with van der Waals surface area (Å²) in [6.45, 7) is 2.06. The van der Waals surface area contributed by atoms with Crippen molar-refractivity contribution in [3.8, 4) is 5.13 Å². The minimum absolute atomic E-state index is 0. The van der Waals surface area contributed by atoms with Gasteiger partial charge in [-0.15, -0.1) is 12.4 Å². The molecule has 0 unspecified atom stereocenters. The van der Waals surface area contributed by atoms with Gasteiger partial charge in [-0.05, 0) is 19.1 Å². The van der Waals surface area contributed by atoms with Gasteiger partial charge < -0.3 is 4.74 Å². The van der Waals surface area contributed by atoms with E-state index in [9.17, 15) is 9.59 Å². The number of H-pyrrole nitrogens is 1. The maximum absolute atomic E-state index is 12.0. The number of aromatic nitrogens is 3. The summed E-state index contributed by atoms with van der Waals surface area (Å²) in [7, 11) is 0. The van der Waals surface area contributed by atoms with Crippen LogP contribution in [-0.2, 0) is 16.0 Å². The predicted octanol–water partition coefficient (Wildman–Crippen LogP) is 2.30. The van der Waals surface area contributed by atoms with E-state index in [2.05, 4.69) is 10.1 Å². The zero-order valence-electron chi connectivity index (χ0n) is 11.7. The largest absolute Gasteiger partial charge is 0.466 e. The third-order valence-corrected chi connectivity index (χ3v) is 3.91. The summed E-state index contributed by atoms with van der Waals surface area (Å²) in [6.07, 6.45) is 0.0426. The second-order valence-electron chi connectivity index (χ2n) is 4.40. The van der Waals surface area contributed by atoms with Crippen molar-refractivity contribution in [1.29, 1.82) is 0 Å². The molecule has 2 aromatic heterocycles. The van der Waals surface area contributed by atoms with Crippen molar-refractivity contribution in [1.82, 2.24) is 14.8 Å². The van der Waals surface area contributed by atoms with E-state index < -0.39 is 0 Å². The van der Waals surface area contributed by atoms with Crippen LogP contribution in [0.1, 0.15) is 12.6 Å². The molecule has 0 atom stereocenters. The number of carbonyl (C=O) groups is 1. The van der Waals surface area contributed by atoms with E-state index in [4.69, 9.17) is 4.74 Å². The molecule has 0 aliphatic rings. The Morgan fingerprint density at radius 3 is 2.91 bits per heavy atom.